The molecule has 0 heterocycles. The molecule has 0 aliphatic carbocycles. The van der Waals surface area contributed by atoms with Crippen LogP contribution < -0.4 is 11.1 Å². The zero-order chi connectivity index (χ0) is 14.1. The van der Waals surface area contributed by atoms with Crippen LogP contribution in [0.1, 0.15) is 40.0 Å². The van der Waals surface area contributed by atoms with Crippen molar-refractivity contribution in [1.82, 2.24) is 5.32 Å². The van der Waals surface area contributed by atoms with E-state index in [9.17, 15) is 9.59 Å². The molecule has 106 valence electrons. The third kappa shape index (κ3) is 8.98. The third-order valence-electron chi connectivity index (χ3n) is 2.79. The minimum atomic E-state index is -0.815. The number of carboxylic acid groups (broad SMARTS) is 1. The average molecular weight is 258 g/mol. The molecule has 0 aliphatic rings. The molecule has 0 fully saturated rings. The minimum Gasteiger partial charge on any atom is -0.481 e. The maximum atomic E-state index is 11.6. The highest BCUT2D eigenvalue weighted by Crippen LogP contribution is 2.14. The summed E-state index contributed by atoms with van der Waals surface area (Å²) >= 11 is 0. The molecule has 2 atom stereocenters. The number of carboxylic acids is 1. The van der Waals surface area contributed by atoms with Crippen molar-refractivity contribution in [2.24, 2.45) is 23.5 Å². The molecule has 2 unspecified atom stereocenters. The van der Waals surface area contributed by atoms with E-state index in [4.69, 9.17) is 10.8 Å². The van der Waals surface area contributed by atoms with Gasteiger partial charge in [0.1, 0.15) is 0 Å². The van der Waals surface area contributed by atoms with Crippen LogP contribution in [0.15, 0.2) is 0 Å². The number of hydrogen-bond acceptors (Lipinski definition) is 3. The number of hydrogen-bond donors (Lipinski definition) is 3. The van der Waals surface area contributed by atoms with Gasteiger partial charge < -0.3 is 16.2 Å². The van der Waals surface area contributed by atoms with Crippen molar-refractivity contribution in [3.8, 4) is 0 Å². The van der Waals surface area contributed by atoms with Gasteiger partial charge in [-0.3, -0.25) is 9.59 Å². The molecular formula is C13H26N2O3. The summed E-state index contributed by atoms with van der Waals surface area (Å²) < 4.78 is 0. The Balaban J connectivity index is 4.08. The largest absolute Gasteiger partial charge is 0.481 e. The standard InChI is InChI=1S/C13H26N2O3/c1-9(2)4-11(6-13(17)18)8-15-12(16)5-10(3)7-14/h9-11H,4-8,14H2,1-3H3,(H,15,16)(H,17,18). The Morgan fingerprint density at radius 3 is 2.28 bits per heavy atom. The molecule has 0 aromatic heterocycles. The molecule has 0 aromatic carbocycles. The molecule has 0 radical (unpaired) electrons. The number of amides is 1. The van der Waals surface area contributed by atoms with E-state index in [1.807, 2.05) is 20.8 Å². The molecule has 0 spiro atoms. The second-order valence-corrected chi connectivity index (χ2v) is 5.44. The summed E-state index contributed by atoms with van der Waals surface area (Å²) in [6.07, 6.45) is 1.31. The second-order valence-electron chi connectivity index (χ2n) is 5.44. The maximum absolute atomic E-state index is 11.6. The molecule has 0 saturated heterocycles. The van der Waals surface area contributed by atoms with Crippen molar-refractivity contribution >= 4 is 11.9 Å². The van der Waals surface area contributed by atoms with Crippen LogP contribution in [-0.2, 0) is 9.59 Å². The van der Waals surface area contributed by atoms with E-state index in [2.05, 4.69) is 5.32 Å². The lowest BCUT2D eigenvalue weighted by Gasteiger charge is -2.18. The predicted molar refractivity (Wildman–Crippen MR) is 71.0 cm³/mol. The Labute approximate surface area is 109 Å². The summed E-state index contributed by atoms with van der Waals surface area (Å²) in [6.45, 7) is 6.93. The Morgan fingerprint density at radius 2 is 1.83 bits per heavy atom. The molecule has 0 saturated carbocycles. The van der Waals surface area contributed by atoms with E-state index in [0.717, 1.165) is 6.42 Å². The fraction of sp³-hybridized carbons (Fsp3) is 0.846. The Kier molecular flexibility index (Phi) is 8.37. The molecule has 18 heavy (non-hydrogen) atoms. The first-order valence-corrected chi connectivity index (χ1v) is 6.53. The summed E-state index contributed by atoms with van der Waals surface area (Å²) in [5.41, 5.74) is 5.45. The van der Waals surface area contributed by atoms with E-state index < -0.39 is 5.97 Å². The number of nitrogens with one attached hydrogen (secondary N) is 1. The highest BCUT2D eigenvalue weighted by molar-refractivity contribution is 5.76. The summed E-state index contributed by atoms with van der Waals surface area (Å²) in [7, 11) is 0. The minimum absolute atomic E-state index is 0.000340. The number of rotatable bonds is 9. The van der Waals surface area contributed by atoms with Crippen molar-refractivity contribution in [1.29, 1.82) is 0 Å². The van der Waals surface area contributed by atoms with Gasteiger partial charge in [0.05, 0.1) is 0 Å². The van der Waals surface area contributed by atoms with Gasteiger partial charge >= 0.3 is 5.97 Å². The number of carbonyl (C=O) groups excluding carboxylic acids is 1. The maximum Gasteiger partial charge on any atom is 0.303 e. The smallest absolute Gasteiger partial charge is 0.303 e. The van der Waals surface area contributed by atoms with Gasteiger partial charge in [-0.2, -0.15) is 0 Å². The normalized spacial score (nSPS) is 14.3. The molecule has 0 aromatic rings. The van der Waals surface area contributed by atoms with Gasteiger partial charge in [-0.15, -0.1) is 0 Å². The SMILES string of the molecule is CC(C)CC(CNC(=O)CC(C)CN)CC(=O)O. The first-order valence-electron chi connectivity index (χ1n) is 6.53. The lowest BCUT2D eigenvalue weighted by atomic mass is 9.94. The van der Waals surface area contributed by atoms with Crippen LogP contribution in [0.3, 0.4) is 0 Å². The quantitative estimate of drug-likeness (QED) is 0.580. The van der Waals surface area contributed by atoms with E-state index in [1.54, 1.807) is 0 Å². The number of nitrogens with two attached hydrogens (primary N) is 1. The molecule has 4 N–H and O–H groups in total. The van der Waals surface area contributed by atoms with Gasteiger partial charge in [-0.25, -0.2) is 0 Å². The average Bonchev–Trinajstić information content (AvgIpc) is 2.24. The van der Waals surface area contributed by atoms with Gasteiger partial charge in [0.15, 0.2) is 0 Å². The second kappa shape index (κ2) is 8.91. The zero-order valence-electron chi connectivity index (χ0n) is 11.6. The van der Waals surface area contributed by atoms with E-state index in [-0.39, 0.29) is 24.2 Å². The topological polar surface area (TPSA) is 92.4 Å². The van der Waals surface area contributed by atoms with Crippen molar-refractivity contribution in [3.05, 3.63) is 0 Å². The van der Waals surface area contributed by atoms with Crippen LogP contribution >= 0.6 is 0 Å². The lowest BCUT2D eigenvalue weighted by Crippen LogP contribution is -2.32. The van der Waals surface area contributed by atoms with Crippen LogP contribution in [0.5, 0.6) is 0 Å². The van der Waals surface area contributed by atoms with Gasteiger partial charge in [0.2, 0.25) is 5.91 Å². The van der Waals surface area contributed by atoms with E-state index in [0.29, 0.717) is 25.4 Å². The highest BCUT2D eigenvalue weighted by atomic mass is 16.4. The van der Waals surface area contributed by atoms with Crippen LogP contribution in [0.2, 0.25) is 0 Å². The summed E-state index contributed by atoms with van der Waals surface area (Å²) in [4.78, 5) is 22.3. The van der Waals surface area contributed by atoms with Crippen LogP contribution in [0.25, 0.3) is 0 Å². The molecule has 1 amide bonds. The summed E-state index contributed by atoms with van der Waals surface area (Å²) in [6, 6.07) is 0. The van der Waals surface area contributed by atoms with E-state index in [1.165, 1.54) is 0 Å². The Bertz CT molecular complexity index is 267. The number of carbonyl (C=O) groups is 2. The first-order chi connectivity index (χ1) is 8.35. The van der Waals surface area contributed by atoms with Crippen molar-refractivity contribution < 1.29 is 14.7 Å². The van der Waals surface area contributed by atoms with Crippen LogP contribution in [0, 0.1) is 17.8 Å². The van der Waals surface area contributed by atoms with Crippen molar-refractivity contribution in [2.45, 2.75) is 40.0 Å². The Morgan fingerprint density at radius 1 is 1.22 bits per heavy atom. The van der Waals surface area contributed by atoms with Gasteiger partial charge in [-0.1, -0.05) is 20.8 Å². The Hall–Kier alpha value is -1.10. The third-order valence-corrected chi connectivity index (χ3v) is 2.79. The molecule has 5 nitrogen and oxygen atoms in total. The molecule has 0 rings (SSSR count). The van der Waals surface area contributed by atoms with Gasteiger partial charge in [0, 0.05) is 19.4 Å². The molecule has 0 aliphatic heterocycles. The van der Waals surface area contributed by atoms with Crippen molar-refractivity contribution in [2.75, 3.05) is 13.1 Å². The van der Waals surface area contributed by atoms with Gasteiger partial charge in [0.25, 0.3) is 0 Å². The van der Waals surface area contributed by atoms with E-state index >= 15 is 0 Å². The summed E-state index contributed by atoms with van der Waals surface area (Å²) in [5, 5.41) is 11.6. The molecule has 0 bridgehead atoms. The first kappa shape index (κ1) is 16.9. The van der Waals surface area contributed by atoms with Crippen LogP contribution in [-0.4, -0.2) is 30.1 Å². The zero-order valence-corrected chi connectivity index (χ0v) is 11.6. The predicted octanol–water partition coefficient (Wildman–Crippen LogP) is 1.22. The van der Waals surface area contributed by atoms with Crippen LogP contribution in [0.4, 0.5) is 0 Å². The fourth-order valence-electron chi connectivity index (χ4n) is 1.88. The van der Waals surface area contributed by atoms with Gasteiger partial charge in [-0.05, 0) is 30.7 Å². The summed E-state index contributed by atoms with van der Waals surface area (Å²) in [5.74, 6) is -0.279. The lowest BCUT2D eigenvalue weighted by molar-refractivity contribution is -0.138. The number of aliphatic carboxylic acids is 1. The monoisotopic (exact) mass is 258 g/mol. The van der Waals surface area contributed by atoms with Crippen molar-refractivity contribution in [3.63, 3.8) is 0 Å². The highest BCUT2D eigenvalue weighted by Gasteiger charge is 2.16. The molecule has 5 heteroatoms. The molecular weight excluding hydrogens is 232 g/mol. The fourth-order valence-corrected chi connectivity index (χ4v) is 1.88.